The molecule has 2 aromatic rings. The summed E-state index contributed by atoms with van der Waals surface area (Å²) in [6.07, 6.45) is -0.163. The summed E-state index contributed by atoms with van der Waals surface area (Å²) in [5.74, 6) is -0.595. The summed E-state index contributed by atoms with van der Waals surface area (Å²) >= 11 is 1.30. The number of benzene rings is 1. The average molecular weight is 474 g/mol. The van der Waals surface area contributed by atoms with E-state index >= 15 is 0 Å². The minimum atomic E-state index is -4.45. The van der Waals surface area contributed by atoms with E-state index in [-0.39, 0.29) is 11.4 Å². The smallest absolute Gasteiger partial charge is 0.318 e. The Balaban J connectivity index is 1.69. The Labute approximate surface area is 193 Å². The molecule has 1 amide bonds. The summed E-state index contributed by atoms with van der Waals surface area (Å²) in [6, 6.07) is 6.86. The predicted octanol–water partition coefficient (Wildman–Crippen LogP) is 5.92. The molecule has 0 fully saturated rings. The lowest BCUT2D eigenvalue weighted by Crippen LogP contribution is -2.35. The number of nitrogens with one attached hydrogen (secondary N) is 1. The van der Waals surface area contributed by atoms with Gasteiger partial charge in [-0.15, -0.1) is 0 Å². The van der Waals surface area contributed by atoms with Crippen LogP contribution in [0.1, 0.15) is 48.7 Å². The van der Waals surface area contributed by atoms with Gasteiger partial charge in [0.1, 0.15) is 5.04 Å². The van der Waals surface area contributed by atoms with Crippen LogP contribution in [0.2, 0.25) is 0 Å². The highest BCUT2D eigenvalue weighted by Crippen LogP contribution is 2.33. The molecule has 33 heavy (non-hydrogen) atoms. The van der Waals surface area contributed by atoms with E-state index in [0.717, 1.165) is 36.4 Å². The molecule has 172 valence electrons. The van der Waals surface area contributed by atoms with E-state index in [1.807, 2.05) is 0 Å². The summed E-state index contributed by atoms with van der Waals surface area (Å²) in [5.41, 5.74) is 1.70. The Bertz CT molecular complexity index is 1240. The predicted molar refractivity (Wildman–Crippen MR) is 125 cm³/mol. The molecule has 1 N–H and O–H groups in total. The number of nitrogens with zero attached hydrogens (tertiary/aromatic N) is 4. The number of amidine groups is 2. The number of carbonyl (C=O) groups is 1. The Morgan fingerprint density at radius 1 is 1.21 bits per heavy atom. The van der Waals surface area contributed by atoms with Crippen molar-refractivity contribution in [1.82, 2.24) is 9.58 Å². The first kappa shape index (κ1) is 23.0. The number of hydrogen-bond acceptors (Lipinski definition) is 4. The fourth-order valence-electron chi connectivity index (χ4n) is 3.77. The van der Waals surface area contributed by atoms with Gasteiger partial charge in [0.2, 0.25) is 5.17 Å². The second-order valence-corrected chi connectivity index (χ2v) is 8.87. The molecule has 3 heterocycles. The van der Waals surface area contributed by atoms with E-state index in [4.69, 9.17) is 5.41 Å². The van der Waals surface area contributed by atoms with Crippen molar-refractivity contribution >= 4 is 39.8 Å². The second kappa shape index (κ2) is 8.66. The van der Waals surface area contributed by atoms with Crippen molar-refractivity contribution < 1.29 is 18.0 Å². The van der Waals surface area contributed by atoms with Crippen LogP contribution in [0, 0.1) is 19.3 Å². The molecule has 0 spiro atoms. The van der Waals surface area contributed by atoms with Gasteiger partial charge in [0.05, 0.1) is 11.1 Å². The molecule has 0 bridgehead atoms. The molecule has 0 unspecified atom stereocenters. The van der Waals surface area contributed by atoms with Gasteiger partial charge >= 0.3 is 6.18 Å². The van der Waals surface area contributed by atoms with E-state index < -0.39 is 17.6 Å². The number of amides is 1. The molecule has 1 aromatic carbocycles. The summed E-state index contributed by atoms with van der Waals surface area (Å²) in [6.45, 7) is 5.62. The Kier molecular flexibility index (Phi) is 6.04. The van der Waals surface area contributed by atoms with E-state index in [1.165, 1.54) is 22.8 Å². The number of halogens is 3. The van der Waals surface area contributed by atoms with Crippen LogP contribution in [0.15, 0.2) is 46.0 Å². The molecule has 2 aliphatic heterocycles. The first-order valence-corrected chi connectivity index (χ1v) is 11.3. The lowest BCUT2D eigenvalue weighted by Gasteiger charge is -2.20. The molecule has 0 radical (unpaired) electrons. The maximum atomic E-state index is 13.2. The number of carbonyl (C=O) groups excluding carboxylic acids is 1. The number of rotatable bonds is 5. The number of aryl methyl sites for hydroxylation is 1. The Hall–Kier alpha value is -3.14. The van der Waals surface area contributed by atoms with Crippen molar-refractivity contribution in [2.24, 2.45) is 10.1 Å². The molecule has 10 heteroatoms. The van der Waals surface area contributed by atoms with Crippen LogP contribution in [0.25, 0.3) is 11.8 Å². The first-order valence-electron chi connectivity index (χ1n) is 10.5. The molecular weight excluding hydrogens is 451 g/mol. The minimum absolute atomic E-state index is 0.0622. The van der Waals surface area contributed by atoms with Gasteiger partial charge in [0.15, 0.2) is 5.84 Å². The standard InChI is InChI=1S/C23H22F3N5OS/c1-4-5-9-19-29-31-20(27)18(21(32)28-22(31)33-19)11-15-10-13(2)30(14(15)3)17-8-6-7-16(12-17)23(24,25)26/h6-8,10-12,27H,4-5,9H2,1-3H3/b18-11+,27-20?. The summed E-state index contributed by atoms with van der Waals surface area (Å²) in [4.78, 5) is 16.8. The maximum absolute atomic E-state index is 13.2. The molecule has 0 aliphatic carbocycles. The van der Waals surface area contributed by atoms with Crippen LogP contribution in [0.3, 0.4) is 0 Å². The molecule has 1 aromatic heterocycles. The molecule has 6 nitrogen and oxygen atoms in total. The number of hydrazone groups is 1. The number of alkyl halides is 3. The third-order valence-electron chi connectivity index (χ3n) is 5.44. The highest BCUT2D eigenvalue weighted by Gasteiger charge is 2.35. The van der Waals surface area contributed by atoms with Crippen molar-refractivity contribution in [1.29, 1.82) is 5.41 Å². The zero-order valence-corrected chi connectivity index (χ0v) is 19.1. The van der Waals surface area contributed by atoms with Gasteiger partial charge in [-0.25, -0.2) is 0 Å². The summed E-state index contributed by atoms with van der Waals surface area (Å²) < 4.78 is 41.2. The monoisotopic (exact) mass is 473 g/mol. The van der Waals surface area contributed by atoms with Crippen molar-refractivity contribution in [3.8, 4) is 5.69 Å². The van der Waals surface area contributed by atoms with Crippen LogP contribution in [0.4, 0.5) is 13.2 Å². The van der Waals surface area contributed by atoms with Gasteiger partial charge in [-0.2, -0.15) is 28.3 Å². The van der Waals surface area contributed by atoms with E-state index in [2.05, 4.69) is 17.0 Å². The third kappa shape index (κ3) is 4.39. The second-order valence-electron chi connectivity index (χ2n) is 7.83. The van der Waals surface area contributed by atoms with E-state index in [0.29, 0.717) is 27.8 Å². The normalized spacial score (nSPS) is 17.5. The highest BCUT2D eigenvalue weighted by molar-refractivity contribution is 8.26. The van der Waals surface area contributed by atoms with Crippen LogP contribution >= 0.6 is 11.8 Å². The lowest BCUT2D eigenvalue weighted by atomic mass is 10.1. The highest BCUT2D eigenvalue weighted by atomic mass is 32.2. The number of aromatic nitrogens is 1. The van der Waals surface area contributed by atoms with Crippen LogP contribution in [-0.2, 0) is 11.0 Å². The van der Waals surface area contributed by atoms with Gasteiger partial charge in [0, 0.05) is 17.1 Å². The number of aliphatic imine (C=N–C) groups is 1. The topological polar surface area (TPSA) is 73.8 Å². The molecule has 2 aliphatic rings. The number of hydrogen-bond donors (Lipinski definition) is 1. The Morgan fingerprint density at radius 3 is 2.67 bits per heavy atom. The van der Waals surface area contributed by atoms with Gasteiger partial charge in [-0.3, -0.25) is 10.2 Å². The average Bonchev–Trinajstić information content (AvgIpc) is 3.29. The maximum Gasteiger partial charge on any atom is 0.416 e. The summed E-state index contributed by atoms with van der Waals surface area (Å²) in [7, 11) is 0. The van der Waals surface area contributed by atoms with E-state index in [9.17, 15) is 18.0 Å². The summed E-state index contributed by atoms with van der Waals surface area (Å²) in [5, 5.41) is 15.5. The minimum Gasteiger partial charge on any atom is -0.318 e. The lowest BCUT2D eigenvalue weighted by molar-refractivity contribution is -0.137. The first-order chi connectivity index (χ1) is 15.6. The van der Waals surface area contributed by atoms with Crippen LogP contribution < -0.4 is 0 Å². The van der Waals surface area contributed by atoms with Crippen LogP contribution in [0.5, 0.6) is 0 Å². The molecule has 0 saturated carbocycles. The van der Waals surface area contributed by atoms with Crippen LogP contribution in [-0.4, -0.2) is 31.5 Å². The fraction of sp³-hybridized carbons (Fsp3) is 0.304. The van der Waals surface area contributed by atoms with Gasteiger partial charge in [-0.1, -0.05) is 19.4 Å². The number of thioether (sulfide) groups is 1. The molecular formula is C23H22F3N5OS. The van der Waals surface area contributed by atoms with Gasteiger partial charge < -0.3 is 4.57 Å². The van der Waals surface area contributed by atoms with Crippen molar-refractivity contribution in [2.45, 2.75) is 46.2 Å². The largest absolute Gasteiger partial charge is 0.416 e. The Morgan fingerprint density at radius 2 is 1.97 bits per heavy atom. The van der Waals surface area contributed by atoms with Crippen molar-refractivity contribution in [3.05, 3.63) is 58.4 Å². The molecule has 4 rings (SSSR count). The molecule has 0 saturated heterocycles. The number of unbranched alkanes of at least 4 members (excludes halogenated alkanes) is 1. The quantitative estimate of drug-likeness (QED) is 0.548. The van der Waals surface area contributed by atoms with E-state index in [1.54, 1.807) is 36.6 Å². The zero-order valence-electron chi connectivity index (χ0n) is 18.3. The number of fused-ring (bicyclic) bond motifs is 1. The van der Waals surface area contributed by atoms with Gasteiger partial charge in [0.25, 0.3) is 5.91 Å². The third-order valence-corrected chi connectivity index (χ3v) is 6.41. The van der Waals surface area contributed by atoms with Crippen molar-refractivity contribution in [3.63, 3.8) is 0 Å². The zero-order chi connectivity index (χ0) is 23.9. The van der Waals surface area contributed by atoms with Crippen molar-refractivity contribution in [2.75, 3.05) is 0 Å². The SMILES string of the molecule is CCCCC1=NN2C(=N)/C(=C\c3cc(C)n(-c4cccc(C(F)(F)F)c4)c3C)C(=O)N=C2S1. The molecule has 0 atom stereocenters. The van der Waals surface area contributed by atoms with Gasteiger partial charge in [-0.05, 0) is 74.4 Å². The fourth-order valence-corrected chi connectivity index (χ4v) is 4.70.